The van der Waals surface area contributed by atoms with Crippen LogP contribution in [0.4, 0.5) is 0 Å². The fourth-order valence-corrected chi connectivity index (χ4v) is 1.57. The average Bonchev–Trinajstić information content (AvgIpc) is 3.40. The van der Waals surface area contributed by atoms with Crippen LogP contribution in [0.15, 0.2) is 20.9 Å². The Labute approximate surface area is 154 Å². The zero-order chi connectivity index (χ0) is 19.2. The maximum atomic E-state index is 11.7. The maximum Gasteiger partial charge on any atom is 0.355 e. The zero-order valence-electron chi connectivity index (χ0n) is 15.2. The highest BCUT2D eigenvalue weighted by molar-refractivity contribution is 7.84. The van der Waals surface area contributed by atoms with Crippen molar-refractivity contribution >= 4 is 36.4 Å². The van der Waals surface area contributed by atoms with Crippen LogP contribution in [0.2, 0.25) is 0 Å². The molecular weight excluding hydrogens is 344 g/mol. The molecule has 0 amide bonds. The summed E-state index contributed by atoms with van der Waals surface area (Å²) in [6.45, 7) is 7.08. The normalized spacial score (nSPS) is 15.0. The molecule has 0 saturated heterocycles. The number of esters is 1. The van der Waals surface area contributed by atoms with Gasteiger partial charge in [0.1, 0.15) is 5.82 Å². The summed E-state index contributed by atoms with van der Waals surface area (Å²) in [6.07, 6.45) is 3.69. The topological polar surface area (TPSA) is 115 Å². The lowest BCUT2D eigenvalue weighted by molar-refractivity contribution is -0.135. The van der Waals surface area contributed by atoms with E-state index < -0.39 is 5.97 Å². The van der Waals surface area contributed by atoms with Crippen molar-refractivity contribution in [1.82, 2.24) is 5.32 Å². The first-order chi connectivity index (χ1) is 11.9. The highest BCUT2D eigenvalue weighted by atomic mass is 32.1. The minimum atomic E-state index is -0.585. The summed E-state index contributed by atoms with van der Waals surface area (Å²) < 4.78 is 4.72. The van der Waals surface area contributed by atoms with Gasteiger partial charge in [0.2, 0.25) is 0 Å². The molecule has 3 N–H and O–H groups in total. The number of nitrogens with two attached hydrogens (primary N) is 1. The Morgan fingerprint density at radius 2 is 2.00 bits per heavy atom. The van der Waals surface area contributed by atoms with E-state index in [2.05, 4.69) is 28.1 Å². The Kier molecular flexibility index (Phi) is 12.2. The number of aliphatic imine (C=N–C) groups is 1. The van der Waals surface area contributed by atoms with E-state index in [0.717, 1.165) is 12.8 Å². The molecular formula is C16H28N4O4S. The molecule has 1 aliphatic rings. The summed E-state index contributed by atoms with van der Waals surface area (Å²) in [4.78, 5) is 32.4. The molecule has 1 aliphatic carbocycles. The number of hydrogen-bond donors (Lipinski definition) is 3. The van der Waals surface area contributed by atoms with Crippen LogP contribution < -0.4 is 11.1 Å². The molecule has 25 heavy (non-hydrogen) atoms. The predicted octanol–water partition coefficient (Wildman–Crippen LogP) is 1.77. The van der Waals surface area contributed by atoms with Gasteiger partial charge >= 0.3 is 5.97 Å². The zero-order valence-corrected chi connectivity index (χ0v) is 16.1. The standard InChI is InChI=1S/C14H22N4O4S.C2H6/c1-3-21-14(20)9(2)18-22-7-11(19)6-12(23)13(15)17-8-16-10-4-5-10;1-2/h8,10,23H,3-7,15H2,1-2H3,(H,16,17);1-2H3/b13-12-,18-9+;. The van der Waals surface area contributed by atoms with E-state index in [1.54, 1.807) is 6.92 Å². The molecule has 8 nitrogen and oxygen atoms in total. The SMILES string of the molecule is CC.CCOC(=O)/C(C)=N/OCC(=O)C/C(S)=C(\N)NC=NC1CC1. The minimum absolute atomic E-state index is 0.00676. The van der Waals surface area contributed by atoms with Crippen molar-refractivity contribution in [3.8, 4) is 0 Å². The lowest BCUT2D eigenvalue weighted by Crippen LogP contribution is -2.21. The number of Topliss-reactive ketones (excluding diaryl/α,β-unsaturated/α-hetero) is 1. The molecule has 1 rings (SSSR count). The number of hydrogen-bond acceptors (Lipinski definition) is 8. The van der Waals surface area contributed by atoms with Crippen LogP contribution in [0.5, 0.6) is 0 Å². The second-order valence-electron chi connectivity index (χ2n) is 4.90. The quantitative estimate of drug-likeness (QED) is 0.177. The van der Waals surface area contributed by atoms with Gasteiger partial charge in [-0.25, -0.2) is 4.79 Å². The van der Waals surface area contributed by atoms with E-state index in [0.29, 0.717) is 10.9 Å². The summed E-state index contributed by atoms with van der Waals surface area (Å²) in [5, 5.41) is 6.29. The van der Waals surface area contributed by atoms with Crippen molar-refractivity contribution in [2.24, 2.45) is 15.9 Å². The monoisotopic (exact) mass is 372 g/mol. The number of allylic oxidation sites excluding steroid dienone is 1. The van der Waals surface area contributed by atoms with E-state index >= 15 is 0 Å². The van der Waals surface area contributed by atoms with E-state index in [9.17, 15) is 9.59 Å². The number of nitrogens with zero attached hydrogens (tertiary/aromatic N) is 2. The van der Waals surface area contributed by atoms with Crippen LogP contribution in [0.3, 0.4) is 0 Å². The fraction of sp³-hybridized carbons (Fsp3) is 0.625. The first-order valence-electron chi connectivity index (χ1n) is 8.25. The van der Waals surface area contributed by atoms with Gasteiger partial charge in [-0.2, -0.15) is 0 Å². The van der Waals surface area contributed by atoms with Gasteiger partial charge in [0, 0.05) is 11.3 Å². The van der Waals surface area contributed by atoms with Gasteiger partial charge < -0.3 is 20.6 Å². The first-order valence-corrected chi connectivity index (χ1v) is 8.69. The number of ketones is 1. The number of ether oxygens (including phenoxy) is 1. The molecule has 0 aromatic carbocycles. The fourth-order valence-electron chi connectivity index (χ4n) is 1.33. The van der Waals surface area contributed by atoms with Gasteiger partial charge in [-0.1, -0.05) is 19.0 Å². The molecule has 0 spiro atoms. The lowest BCUT2D eigenvalue weighted by Gasteiger charge is -2.06. The number of carbonyl (C=O) groups is 2. The Morgan fingerprint density at radius 1 is 1.36 bits per heavy atom. The molecule has 0 unspecified atom stereocenters. The third-order valence-corrected chi connectivity index (χ3v) is 3.12. The number of rotatable bonds is 10. The van der Waals surface area contributed by atoms with Crippen molar-refractivity contribution in [1.29, 1.82) is 0 Å². The second-order valence-corrected chi connectivity index (χ2v) is 5.44. The molecule has 0 heterocycles. The van der Waals surface area contributed by atoms with Crippen LogP contribution in [-0.2, 0) is 19.2 Å². The second kappa shape index (κ2) is 13.3. The van der Waals surface area contributed by atoms with Crippen molar-refractivity contribution in [3.63, 3.8) is 0 Å². The molecule has 0 bridgehead atoms. The van der Waals surface area contributed by atoms with Gasteiger partial charge in [0.05, 0.1) is 19.0 Å². The predicted molar refractivity (Wildman–Crippen MR) is 102 cm³/mol. The summed E-state index contributed by atoms with van der Waals surface area (Å²) >= 11 is 4.17. The van der Waals surface area contributed by atoms with E-state index in [4.69, 9.17) is 15.3 Å². The Bertz CT molecular complexity index is 528. The van der Waals surface area contributed by atoms with Crippen molar-refractivity contribution in [3.05, 3.63) is 10.7 Å². The van der Waals surface area contributed by atoms with Gasteiger partial charge in [0.25, 0.3) is 0 Å². The summed E-state index contributed by atoms with van der Waals surface area (Å²) in [7, 11) is 0. The molecule has 9 heteroatoms. The third-order valence-electron chi connectivity index (χ3n) is 2.73. The molecule has 0 aliphatic heterocycles. The molecule has 1 saturated carbocycles. The Morgan fingerprint density at radius 3 is 2.56 bits per heavy atom. The summed E-state index contributed by atoms with van der Waals surface area (Å²) in [5.74, 6) is -0.602. The van der Waals surface area contributed by atoms with Crippen LogP contribution in [-0.4, -0.2) is 43.1 Å². The maximum absolute atomic E-state index is 11.7. The van der Waals surface area contributed by atoms with Crippen LogP contribution in [0, 0.1) is 0 Å². The number of carbonyl (C=O) groups excluding carboxylic acids is 2. The van der Waals surface area contributed by atoms with Crippen LogP contribution in [0.25, 0.3) is 0 Å². The minimum Gasteiger partial charge on any atom is -0.461 e. The average molecular weight is 372 g/mol. The highest BCUT2D eigenvalue weighted by Gasteiger charge is 2.18. The number of nitrogens with one attached hydrogen (secondary N) is 1. The first kappa shape index (κ1) is 23.0. The number of thiol groups is 1. The van der Waals surface area contributed by atoms with Crippen molar-refractivity contribution in [2.75, 3.05) is 13.2 Å². The largest absolute Gasteiger partial charge is 0.461 e. The Hall–Kier alpha value is -2.03. The summed E-state index contributed by atoms with van der Waals surface area (Å²) in [6, 6.07) is 0.384. The molecule has 0 radical (unpaired) electrons. The summed E-state index contributed by atoms with van der Waals surface area (Å²) in [5.41, 5.74) is 5.78. The smallest absolute Gasteiger partial charge is 0.355 e. The van der Waals surface area contributed by atoms with Gasteiger partial charge in [-0.05, 0) is 26.7 Å². The molecule has 1 fully saturated rings. The van der Waals surface area contributed by atoms with Crippen molar-refractivity contribution in [2.45, 2.75) is 53.0 Å². The van der Waals surface area contributed by atoms with Crippen LogP contribution in [0.1, 0.15) is 47.0 Å². The van der Waals surface area contributed by atoms with E-state index in [1.807, 2.05) is 13.8 Å². The van der Waals surface area contributed by atoms with Crippen molar-refractivity contribution < 1.29 is 19.2 Å². The molecule has 0 atom stereocenters. The Balaban J connectivity index is 0.00000277. The van der Waals surface area contributed by atoms with Gasteiger partial charge in [-0.3, -0.25) is 9.79 Å². The molecule has 0 aromatic rings. The van der Waals surface area contributed by atoms with E-state index in [1.165, 1.54) is 13.3 Å². The molecule has 142 valence electrons. The highest BCUT2D eigenvalue weighted by Crippen LogP contribution is 2.22. The molecule has 0 aromatic heterocycles. The third kappa shape index (κ3) is 11.2. The lowest BCUT2D eigenvalue weighted by atomic mass is 10.3. The van der Waals surface area contributed by atoms with Gasteiger partial charge in [0.15, 0.2) is 18.1 Å². The van der Waals surface area contributed by atoms with Crippen LogP contribution >= 0.6 is 12.6 Å². The number of oxime groups is 1. The van der Waals surface area contributed by atoms with Gasteiger partial charge in [-0.15, -0.1) is 12.6 Å². The van der Waals surface area contributed by atoms with E-state index in [-0.39, 0.29) is 37.0 Å².